The fourth-order valence-corrected chi connectivity index (χ4v) is 3.17. The van der Waals surface area contributed by atoms with Gasteiger partial charge >= 0.3 is 0 Å². The van der Waals surface area contributed by atoms with Gasteiger partial charge in [-0.05, 0) is 30.7 Å². The van der Waals surface area contributed by atoms with Gasteiger partial charge in [0.05, 0.1) is 0 Å². The summed E-state index contributed by atoms with van der Waals surface area (Å²) in [4.78, 5) is 16.0. The number of aromatic nitrogens is 1. The second-order valence-electron chi connectivity index (χ2n) is 5.26. The van der Waals surface area contributed by atoms with Crippen LogP contribution in [-0.2, 0) is 10.0 Å². The summed E-state index contributed by atoms with van der Waals surface area (Å²) in [7, 11) is -3.70. The molecule has 0 amide bonds. The maximum atomic E-state index is 12.3. The Morgan fingerprint density at radius 3 is 2.70 bits per heavy atom. The Kier molecular flexibility index (Phi) is 5.87. The Labute approximate surface area is 136 Å². The van der Waals surface area contributed by atoms with E-state index in [1.807, 2.05) is 0 Å². The first-order chi connectivity index (χ1) is 11.0. The van der Waals surface area contributed by atoms with Crippen LogP contribution in [0.2, 0.25) is 0 Å². The van der Waals surface area contributed by atoms with Crippen molar-refractivity contribution in [1.29, 1.82) is 0 Å². The Bertz CT molecular complexity index is 758. The molecule has 1 aromatic heterocycles. The maximum absolute atomic E-state index is 12.3. The number of sulfonamides is 1. The average molecular weight is 332 g/mol. The molecule has 6 heteroatoms. The van der Waals surface area contributed by atoms with E-state index < -0.39 is 10.0 Å². The average Bonchev–Trinajstić information content (AvgIpc) is 2.55. The van der Waals surface area contributed by atoms with Crippen LogP contribution in [0.3, 0.4) is 0 Å². The molecular formula is C17H20N2O3S. The SMILES string of the molecule is CCCCCC(=O)c1cccc(NS(=O)(=O)c2cccnc2)c1. The zero-order chi connectivity index (χ0) is 16.7. The van der Waals surface area contributed by atoms with E-state index >= 15 is 0 Å². The smallest absolute Gasteiger partial charge is 0.263 e. The molecule has 0 saturated heterocycles. The van der Waals surface area contributed by atoms with Crippen molar-refractivity contribution in [3.63, 3.8) is 0 Å². The van der Waals surface area contributed by atoms with Crippen molar-refractivity contribution >= 4 is 21.5 Å². The molecule has 2 aromatic rings. The van der Waals surface area contributed by atoms with Crippen molar-refractivity contribution in [2.75, 3.05) is 4.72 Å². The first kappa shape index (κ1) is 17.1. The summed E-state index contributed by atoms with van der Waals surface area (Å²) >= 11 is 0. The molecule has 0 bridgehead atoms. The monoisotopic (exact) mass is 332 g/mol. The minimum atomic E-state index is -3.70. The maximum Gasteiger partial charge on any atom is 0.263 e. The lowest BCUT2D eigenvalue weighted by Gasteiger charge is -2.09. The predicted molar refractivity (Wildman–Crippen MR) is 90.0 cm³/mol. The summed E-state index contributed by atoms with van der Waals surface area (Å²) in [5.41, 5.74) is 0.891. The van der Waals surface area contributed by atoms with E-state index in [4.69, 9.17) is 0 Å². The quantitative estimate of drug-likeness (QED) is 0.591. The van der Waals surface area contributed by atoms with Crippen LogP contribution in [0.1, 0.15) is 43.0 Å². The lowest BCUT2D eigenvalue weighted by Crippen LogP contribution is -2.13. The highest BCUT2D eigenvalue weighted by Crippen LogP contribution is 2.18. The van der Waals surface area contributed by atoms with Crippen molar-refractivity contribution in [2.24, 2.45) is 0 Å². The third-order valence-corrected chi connectivity index (χ3v) is 4.76. The fraction of sp³-hybridized carbons (Fsp3) is 0.294. The number of pyridine rings is 1. The van der Waals surface area contributed by atoms with E-state index in [2.05, 4.69) is 16.6 Å². The molecule has 0 radical (unpaired) electrons. The van der Waals surface area contributed by atoms with Crippen LogP contribution in [0.25, 0.3) is 0 Å². The minimum absolute atomic E-state index is 0.0286. The van der Waals surface area contributed by atoms with Crippen LogP contribution in [0, 0.1) is 0 Å². The van der Waals surface area contributed by atoms with Crippen molar-refractivity contribution in [3.05, 3.63) is 54.4 Å². The fourth-order valence-electron chi connectivity index (χ4n) is 2.16. The van der Waals surface area contributed by atoms with Gasteiger partial charge in [-0.25, -0.2) is 8.42 Å². The zero-order valence-electron chi connectivity index (χ0n) is 13.0. The number of Topliss-reactive ketones (excluding diaryl/α,β-unsaturated/α-hetero) is 1. The lowest BCUT2D eigenvalue weighted by molar-refractivity contribution is 0.0979. The van der Waals surface area contributed by atoms with Crippen LogP contribution in [0.15, 0.2) is 53.7 Å². The minimum Gasteiger partial charge on any atom is -0.294 e. The molecule has 0 aliphatic rings. The predicted octanol–water partition coefficient (Wildman–Crippen LogP) is 3.65. The highest BCUT2D eigenvalue weighted by Gasteiger charge is 2.15. The molecule has 5 nitrogen and oxygen atoms in total. The number of nitrogens with one attached hydrogen (secondary N) is 1. The topological polar surface area (TPSA) is 76.1 Å². The number of benzene rings is 1. The molecule has 0 aliphatic heterocycles. The summed E-state index contributed by atoms with van der Waals surface area (Å²) in [6, 6.07) is 9.60. The summed E-state index contributed by atoms with van der Waals surface area (Å²) in [6.07, 6.45) is 6.18. The Morgan fingerprint density at radius 2 is 2.00 bits per heavy atom. The molecule has 0 saturated carbocycles. The molecule has 0 aliphatic carbocycles. The van der Waals surface area contributed by atoms with Gasteiger partial charge in [-0.2, -0.15) is 0 Å². The van der Waals surface area contributed by atoms with Crippen LogP contribution in [-0.4, -0.2) is 19.2 Å². The van der Waals surface area contributed by atoms with E-state index in [-0.39, 0.29) is 10.7 Å². The van der Waals surface area contributed by atoms with Gasteiger partial charge in [0, 0.05) is 30.1 Å². The molecule has 1 aromatic carbocycles. The highest BCUT2D eigenvalue weighted by molar-refractivity contribution is 7.92. The van der Waals surface area contributed by atoms with E-state index in [1.54, 1.807) is 30.3 Å². The van der Waals surface area contributed by atoms with Gasteiger partial charge in [-0.15, -0.1) is 0 Å². The highest BCUT2D eigenvalue weighted by atomic mass is 32.2. The summed E-state index contributed by atoms with van der Waals surface area (Å²) in [6.45, 7) is 2.08. The molecule has 1 N–H and O–H groups in total. The first-order valence-electron chi connectivity index (χ1n) is 7.59. The van der Waals surface area contributed by atoms with Crippen LogP contribution in [0.4, 0.5) is 5.69 Å². The number of ketones is 1. The lowest BCUT2D eigenvalue weighted by atomic mass is 10.0. The molecule has 0 unspecified atom stereocenters. The van der Waals surface area contributed by atoms with Gasteiger partial charge in [0.1, 0.15) is 4.90 Å². The number of nitrogens with zero attached hydrogens (tertiary/aromatic N) is 1. The van der Waals surface area contributed by atoms with Gasteiger partial charge in [0.2, 0.25) is 0 Å². The van der Waals surface area contributed by atoms with Crippen molar-refractivity contribution in [3.8, 4) is 0 Å². The molecule has 0 fully saturated rings. The number of unbranched alkanes of at least 4 members (excludes halogenated alkanes) is 2. The second kappa shape index (κ2) is 7.87. The summed E-state index contributed by atoms with van der Waals surface area (Å²) < 4.78 is 27.0. The Balaban J connectivity index is 2.12. The van der Waals surface area contributed by atoms with Crippen LogP contribution in [0.5, 0.6) is 0 Å². The summed E-state index contributed by atoms with van der Waals surface area (Å²) in [5.74, 6) is 0.0286. The molecule has 0 atom stereocenters. The van der Waals surface area contributed by atoms with Crippen molar-refractivity contribution in [2.45, 2.75) is 37.5 Å². The van der Waals surface area contributed by atoms with Gasteiger partial charge < -0.3 is 0 Å². The van der Waals surface area contributed by atoms with E-state index in [0.29, 0.717) is 17.7 Å². The van der Waals surface area contributed by atoms with E-state index in [9.17, 15) is 13.2 Å². The standard InChI is InChI=1S/C17H20N2O3S/c1-2-3-4-10-17(20)14-7-5-8-15(12-14)19-23(21,22)16-9-6-11-18-13-16/h5-9,11-13,19H,2-4,10H2,1H3. The van der Waals surface area contributed by atoms with Gasteiger partial charge in [-0.3, -0.25) is 14.5 Å². The third-order valence-electron chi connectivity index (χ3n) is 3.39. The molecular weight excluding hydrogens is 312 g/mol. The summed E-state index contributed by atoms with van der Waals surface area (Å²) in [5, 5.41) is 0. The number of hydrogen-bond donors (Lipinski definition) is 1. The van der Waals surface area contributed by atoms with Crippen molar-refractivity contribution < 1.29 is 13.2 Å². The third kappa shape index (κ3) is 4.89. The first-order valence-corrected chi connectivity index (χ1v) is 9.07. The Hall–Kier alpha value is -2.21. The van der Waals surface area contributed by atoms with Crippen LogP contribution < -0.4 is 4.72 Å². The second-order valence-corrected chi connectivity index (χ2v) is 6.94. The number of anilines is 1. The molecule has 2 rings (SSSR count). The number of rotatable bonds is 8. The molecule has 0 spiro atoms. The van der Waals surface area contributed by atoms with Gasteiger partial charge in [0.25, 0.3) is 10.0 Å². The van der Waals surface area contributed by atoms with Gasteiger partial charge in [-0.1, -0.05) is 31.9 Å². The Morgan fingerprint density at radius 1 is 1.17 bits per heavy atom. The number of carbonyl (C=O) groups is 1. The molecule has 1 heterocycles. The largest absolute Gasteiger partial charge is 0.294 e. The number of hydrogen-bond acceptors (Lipinski definition) is 4. The molecule has 23 heavy (non-hydrogen) atoms. The van der Waals surface area contributed by atoms with E-state index in [0.717, 1.165) is 19.3 Å². The molecule has 122 valence electrons. The van der Waals surface area contributed by atoms with Crippen LogP contribution >= 0.6 is 0 Å². The normalized spacial score (nSPS) is 11.2. The van der Waals surface area contributed by atoms with Crippen molar-refractivity contribution in [1.82, 2.24) is 4.98 Å². The van der Waals surface area contributed by atoms with Gasteiger partial charge in [0.15, 0.2) is 5.78 Å². The number of carbonyl (C=O) groups excluding carboxylic acids is 1. The van der Waals surface area contributed by atoms with E-state index in [1.165, 1.54) is 18.5 Å². The zero-order valence-corrected chi connectivity index (χ0v) is 13.8.